The summed E-state index contributed by atoms with van der Waals surface area (Å²) in [5, 5.41) is 0. The molecule has 0 heterocycles. The lowest BCUT2D eigenvalue weighted by molar-refractivity contribution is -0.266. The number of hydrogen-bond donors (Lipinski definition) is 1. The van der Waals surface area contributed by atoms with Crippen LogP contribution >= 0.6 is 12.6 Å². The monoisotopic (exact) mass is 606 g/mol. The molecule has 0 bridgehead atoms. The molecule has 0 saturated carbocycles. The lowest BCUT2D eigenvalue weighted by atomic mass is 9.97. The van der Waals surface area contributed by atoms with E-state index in [4.69, 9.17) is 28.4 Å². The van der Waals surface area contributed by atoms with Crippen molar-refractivity contribution in [1.82, 2.24) is 0 Å². The first-order valence-electron chi connectivity index (χ1n) is 13.1. The minimum absolute atomic E-state index is 0.0965. The van der Waals surface area contributed by atoms with Crippen molar-refractivity contribution in [2.45, 2.75) is 109 Å². The highest BCUT2D eigenvalue weighted by atomic mass is 32.1. The Balaban J connectivity index is 5.52. The van der Waals surface area contributed by atoms with Gasteiger partial charge in [-0.05, 0) is 89.5 Å². The smallest absolute Gasteiger partial charge is 0.390 e. The zero-order valence-corrected chi connectivity index (χ0v) is 27.1. The number of rotatable bonds is 11. The van der Waals surface area contributed by atoms with Crippen molar-refractivity contribution in [1.29, 1.82) is 0 Å². The molecule has 0 aliphatic carbocycles. The van der Waals surface area contributed by atoms with E-state index >= 15 is 0 Å². The van der Waals surface area contributed by atoms with Crippen LogP contribution in [0.2, 0.25) is 0 Å². The Kier molecular flexibility index (Phi) is 13.9. The second-order valence-electron chi connectivity index (χ2n) is 13.5. The molecule has 0 aliphatic rings. The van der Waals surface area contributed by atoms with Crippen LogP contribution in [0.1, 0.15) is 95.9 Å². The van der Waals surface area contributed by atoms with Crippen LogP contribution in [0.4, 0.5) is 0 Å². The molecule has 0 saturated heterocycles. The molecule has 0 amide bonds. The van der Waals surface area contributed by atoms with E-state index in [1.807, 2.05) is 0 Å². The van der Waals surface area contributed by atoms with Crippen LogP contribution in [0.3, 0.4) is 0 Å². The highest BCUT2D eigenvalue weighted by Crippen LogP contribution is 2.24. The molecule has 1 atom stereocenters. The first kappa shape index (κ1) is 38.2. The topological polar surface area (TPSA) is 158 Å². The second-order valence-corrected chi connectivity index (χ2v) is 13.9. The third kappa shape index (κ3) is 14.6. The largest absolute Gasteiger partial charge is 0.412 e. The number of hydrogen-bond acceptors (Lipinski definition) is 13. The van der Waals surface area contributed by atoms with E-state index < -0.39 is 82.8 Å². The Morgan fingerprint density at radius 1 is 0.512 bits per heavy atom. The van der Waals surface area contributed by atoms with Gasteiger partial charge < -0.3 is 28.4 Å². The van der Waals surface area contributed by atoms with E-state index in [0.29, 0.717) is 0 Å². The van der Waals surface area contributed by atoms with E-state index in [-0.39, 0.29) is 12.2 Å². The number of carbonyl (C=O) groups is 6. The summed E-state index contributed by atoms with van der Waals surface area (Å²) >= 11 is 4.13. The summed E-state index contributed by atoms with van der Waals surface area (Å²) in [4.78, 5) is 74.8. The summed E-state index contributed by atoms with van der Waals surface area (Å²) in [5.74, 6) is -6.18. The van der Waals surface area contributed by atoms with Gasteiger partial charge in [-0.2, -0.15) is 12.6 Å². The van der Waals surface area contributed by atoms with E-state index in [9.17, 15) is 28.8 Å². The van der Waals surface area contributed by atoms with Crippen LogP contribution in [0.5, 0.6) is 0 Å². The van der Waals surface area contributed by atoms with Gasteiger partial charge in [0.25, 0.3) is 0 Å². The Morgan fingerprint density at radius 3 is 1.07 bits per heavy atom. The van der Waals surface area contributed by atoms with Crippen LogP contribution < -0.4 is 0 Å². The molecule has 0 N–H and O–H groups in total. The fourth-order valence-corrected chi connectivity index (χ4v) is 2.47. The van der Waals surface area contributed by atoms with E-state index in [1.54, 1.807) is 83.1 Å². The fourth-order valence-electron chi connectivity index (χ4n) is 2.13. The third-order valence-corrected chi connectivity index (χ3v) is 5.39. The number of carbonyl (C=O) groups excluding carboxylic acids is 6. The molecule has 12 nitrogen and oxygen atoms in total. The Labute approximate surface area is 247 Å². The number of ether oxygens (including phenoxy) is 6. The average molecular weight is 607 g/mol. The van der Waals surface area contributed by atoms with Gasteiger partial charge in [0, 0.05) is 12.2 Å². The van der Waals surface area contributed by atoms with Crippen molar-refractivity contribution in [2.24, 2.45) is 27.6 Å². The Hall–Kier alpha value is -2.83. The Bertz CT molecular complexity index is 905. The van der Waals surface area contributed by atoms with Crippen molar-refractivity contribution in [3.63, 3.8) is 0 Å². The quantitative estimate of drug-likeness (QED) is 0.202. The van der Waals surface area contributed by atoms with Crippen LogP contribution in [0, 0.1) is 27.6 Å². The van der Waals surface area contributed by atoms with E-state index in [0.717, 1.165) is 0 Å². The Morgan fingerprint density at radius 2 is 0.805 bits per heavy atom. The van der Waals surface area contributed by atoms with Gasteiger partial charge >= 0.3 is 48.8 Å². The molecule has 0 radical (unpaired) electrons. The zero-order valence-electron chi connectivity index (χ0n) is 26.2. The molecule has 0 aliphatic heterocycles. The van der Waals surface area contributed by atoms with Crippen LogP contribution in [0.25, 0.3) is 0 Å². The molecule has 0 fully saturated rings. The molecule has 0 aromatic carbocycles. The van der Waals surface area contributed by atoms with Gasteiger partial charge in [-0.3, -0.25) is 28.8 Å². The predicted octanol–water partition coefficient (Wildman–Crippen LogP) is 4.32. The van der Waals surface area contributed by atoms with Crippen molar-refractivity contribution < 1.29 is 57.2 Å². The molecule has 0 aromatic rings. The molecule has 41 heavy (non-hydrogen) atoms. The lowest BCUT2D eigenvalue weighted by Gasteiger charge is -2.26. The first-order valence-corrected chi connectivity index (χ1v) is 13.8. The summed E-state index contributed by atoms with van der Waals surface area (Å²) in [5.41, 5.74) is -3.95. The van der Waals surface area contributed by atoms with Crippen molar-refractivity contribution in [3.8, 4) is 0 Å². The van der Waals surface area contributed by atoms with E-state index in [1.165, 1.54) is 0 Å². The average Bonchev–Trinajstić information content (AvgIpc) is 2.76. The molecule has 0 aromatic heterocycles. The normalized spacial score (nSPS) is 13.2. The highest BCUT2D eigenvalue weighted by molar-refractivity contribution is 7.80. The fraction of sp³-hybridized carbons (Fsp3) is 0.786. The summed E-state index contributed by atoms with van der Waals surface area (Å²) in [6, 6.07) is 0. The van der Waals surface area contributed by atoms with Gasteiger partial charge in [-0.15, -0.1) is 0 Å². The minimum Gasteiger partial charge on any atom is -0.390 e. The number of thiol groups is 1. The first-order chi connectivity index (χ1) is 18.3. The van der Waals surface area contributed by atoms with Crippen molar-refractivity contribution in [3.05, 3.63) is 0 Å². The maximum absolute atomic E-state index is 12.8. The van der Waals surface area contributed by atoms with Gasteiger partial charge in [-0.25, -0.2) is 0 Å². The highest BCUT2D eigenvalue weighted by Gasteiger charge is 2.36. The number of esters is 6. The standard InChI is InChI=1S/C28H46O12S/c1-25(2,3)19(31)37-23(38-20(32)26(4,5)6)35-17(29)14-13-16(15-41)18(30)36-24(39-21(33)27(7,8)9)40-22(34)28(10,11)12/h16,23-24,41H,13-15H2,1-12H3. The van der Waals surface area contributed by atoms with Crippen LogP contribution in [-0.4, -0.2) is 54.5 Å². The molecular weight excluding hydrogens is 560 g/mol. The van der Waals surface area contributed by atoms with Crippen molar-refractivity contribution >= 4 is 48.4 Å². The lowest BCUT2D eigenvalue weighted by Crippen LogP contribution is -2.38. The van der Waals surface area contributed by atoms with Gasteiger partial charge in [0.1, 0.15) is 0 Å². The summed E-state index contributed by atoms with van der Waals surface area (Å²) in [6.45, 7) is 14.8. The SMILES string of the molecule is CC(C)(C)C(=O)OC(OC(=O)CCC(CS)C(=O)OC(OC(=O)C(C)(C)C)OC(=O)C(C)(C)C)OC(=O)C(C)(C)C. The predicted molar refractivity (Wildman–Crippen MR) is 149 cm³/mol. The molecule has 236 valence electrons. The molecule has 0 spiro atoms. The summed E-state index contributed by atoms with van der Waals surface area (Å²) in [6.07, 6.45) is -0.563. The summed E-state index contributed by atoms with van der Waals surface area (Å²) < 4.78 is 30.6. The molecule has 13 heteroatoms. The summed E-state index contributed by atoms with van der Waals surface area (Å²) in [7, 11) is 0. The van der Waals surface area contributed by atoms with Gasteiger partial charge in [0.15, 0.2) is 0 Å². The maximum Gasteiger partial charge on any atom is 0.412 e. The van der Waals surface area contributed by atoms with E-state index in [2.05, 4.69) is 12.6 Å². The van der Waals surface area contributed by atoms with Crippen LogP contribution in [0.15, 0.2) is 0 Å². The second kappa shape index (κ2) is 14.9. The third-order valence-electron chi connectivity index (χ3n) is 4.95. The maximum atomic E-state index is 12.8. The molecule has 1 unspecified atom stereocenters. The molecule has 0 rings (SSSR count). The van der Waals surface area contributed by atoms with Gasteiger partial charge in [0.05, 0.1) is 27.6 Å². The molecular formula is C28H46O12S. The zero-order chi connectivity index (χ0) is 32.6. The minimum atomic E-state index is -1.96. The van der Waals surface area contributed by atoms with Crippen LogP contribution in [-0.2, 0) is 57.2 Å². The van der Waals surface area contributed by atoms with Gasteiger partial charge in [0.2, 0.25) is 0 Å². The van der Waals surface area contributed by atoms with Gasteiger partial charge in [-0.1, -0.05) is 0 Å². The van der Waals surface area contributed by atoms with Crippen molar-refractivity contribution in [2.75, 3.05) is 5.75 Å².